The van der Waals surface area contributed by atoms with E-state index in [4.69, 9.17) is 0 Å². The monoisotopic (exact) mass is 490 g/mol. The maximum absolute atomic E-state index is 13.4. The van der Waals surface area contributed by atoms with Crippen molar-refractivity contribution in [2.24, 2.45) is 0 Å². The van der Waals surface area contributed by atoms with Crippen LogP contribution in [0.1, 0.15) is 32.6 Å². The van der Waals surface area contributed by atoms with Crippen LogP contribution in [0.25, 0.3) is 0 Å². The van der Waals surface area contributed by atoms with Crippen molar-refractivity contribution in [3.63, 3.8) is 0 Å². The highest BCUT2D eigenvalue weighted by atomic mass is 19.4. The first kappa shape index (κ1) is 28.8. The molecule has 0 atom stereocenters. The summed E-state index contributed by atoms with van der Waals surface area (Å²) in [6.45, 7) is 1.27. The van der Waals surface area contributed by atoms with Gasteiger partial charge in [-0.15, -0.1) is 0 Å². The minimum absolute atomic E-state index is 0.0228. The molecule has 0 saturated carbocycles. The second-order valence-electron chi connectivity index (χ2n) is 6.11. The summed E-state index contributed by atoms with van der Waals surface area (Å²) < 4.78 is 220. The quantitative estimate of drug-likeness (QED) is 0.219. The summed E-state index contributed by atoms with van der Waals surface area (Å²) in [7, 11) is 0. The van der Waals surface area contributed by atoms with Gasteiger partial charge in [-0.2, -0.15) is 74.6 Å². The van der Waals surface area contributed by atoms with E-state index in [-0.39, 0.29) is 12.8 Å². The maximum atomic E-state index is 13.4. The number of rotatable bonds is 10. The van der Waals surface area contributed by atoms with E-state index in [0.717, 1.165) is 0 Å². The molecule has 182 valence electrons. The molecule has 0 bridgehead atoms. The Morgan fingerprint density at radius 2 is 0.700 bits per heavy atom. The molecule has 0 aromatic rings. The number of unbranched alkanes of at least 4 members (excludes halogenated alkanes) is 2. The summed E-state index contributed by atoms with van der Waals surface area (Å²) in [6.07, 6.45) is -11.6. The lowest BCUT2D eigenvalue weighted by Gasteiger charge is -2.42. The molecule has 0 aliphatic carbocycles. The first-order chi connectivity index (χ1) is 12.8. The normalized spacial score (nSPS) is 16.2. The fourth-order valence-corrected chi connectivity index (χ4v) is 1.95. The first-order valence-corrected chi connectivity index (χ1v) is 7.52. The van der Waals surface area contributed by atoms with Crippen LogP contribution in [0.2, 0.25) is 0 Å². The molecule has 0 rings (SSSR count). The number of halogens is 17. The van der Waals surface area contributed by atoms with Gasteiger partial charge in [-0.3, -0.25) is 0 Å². The predicted molar refractivity (Wildman–Crippen MR) is 64.8 cm³/mol. The lowest BCUT2D eigenvalue weighted by molar-refractivity contribution is -0.461. The lowest BCUT2D eigenvalue weighted by Crippen LogP contribution is -2.74. The molecule has 0 saturated heterocycles. The van der Waals surface area contributed by atoms with Crippen molar-refractivity contribution in [1.82, 2.24) is 0 Å². The van der Waals surface area contributed by atoms with Crippen molar-refractivity contribution >= 4 is 0 Å². The lowest BCUT2D eigenvalue weighted by atomic mass is 9.88. The Morgan fingerprint density at radius 1 is 0.400 bits per heavy atom. The molecule has 0 unspecified atom stereocenters. The van der Waals surface area contributed by atoms with E-state index < -0.39 is 60.5 Å². The topological polar surface area (TPSA) is 0 Å². The average Bonchev–Trinajstić information content (AvgIpc) is 2.52. The van der Waals surface area contributed by atoms with Crippen LogP contribution in [-0.2, 0) is 0 Å². The van der Waals surface area contributed by atoms with Gasteiger partial charge in [0.05, 0.1) is 0 Å². The predicted octanol–water partition coefficient (Wildman–Crippen LogP) is 7.58. The summed E-state index contributed by atoms with van der Waals surface area (Å²) in [5.74, 6) is -55.6. The standard InChI is InChI=1S/C13H11F17/c1-2-3-4-5-6(14,15)7(16,17)8(18,19)9(20,21)10(22,23)11(24,25)12(26,27)13(28,29)30/h2-5H2,1H3. The minimum atomic E-state index is -8.56. The molecule has 0 spiro atoms. The number of hydrogen-bond acceptors (Lipinski definition) is 0. The van der Waals surface area contributed by atoms with Crippen LogP contribution in [0.3, 0.4) is 0 Å². The van der Waals surface area contributed by atoms with Crippen molar-refractivity contribution in [2.75, 3.05) is 0 Å². The van der Waals surface area contributed by atoms with Crippen LogP contribution < -0.4 is 0 Å². The molecule has 0 nitrogen and oxygen atoms in total. The van der Waals surface area contributed by atoms with E-state index in [1.54, 1.807) is 0 Å². The molecule has 0 heterocycles. The van der Waals surface area contributed by atoms with Gasteiger partial charge >= 0.3 is 47.6 Å². The summed E-state index contributed by atoms with van der Waals surface area (Å²) in [5.41, 5.74) is 0. The fourth-order valence-electron chi connectivity index (χ4n) is 1.95. The Morgan fingerprint density at radius 3 is 1.00 bits per heavy atom. The van der Waals surface area contributed by atoms with E-state index in [1.165, 1.54) is 6.92 Å². The smallest absolute Gasteiger partial charge is 0.200 e. The Balaban J connectivity index is 6.48. The summed E-state index contributed by atoms with van der Waals surface area (Å²) >= 11 is 0. The summed E-state index contributed by atoms with van der Waals surface area (Å²) in [4.78, 5) is 0. The highest BCUT2D eigenvalue weighted by Crippen LogP contribution is 2.64. The molecule has 0 aromatic heterocycles. The van der Waals surface area contributed by atoms with Crippen molar-refractivity contribution in [3.8, 4) is 0 Å². The summed E-state index contributed by atoms with van der Waals surface area (Å²) in [5, 5.41) is 0. The van der Waals surface area contributed by atoms with E-state index >= 15 is 0 Å². The van der Waals surface area contributed by atoms with Gasteiger partial charge in [0.1, 0.15) is 0 Å². The highest BCUT2D eigenvalue weighted by molar-refractivity contribution is 5.15. The van der Waals surface area contributed by atoms with Gasteiger partial charge in [0.25, 0.3) is 0 Å². The Labute approximate surface area is 156 Å². The zero-order valence-electron chi connectivity index (χ0n) is 14.3. The molecule has 0 fully saturated rings. The van der Waals surface area contributed by atoms with Gasteiger partial charge in [0.15, 0.2) is 0 Å². The van der Waals surface area contributed by atoms with Gasteiger partial charge in [0, 0.05) is 6.42 Å². The van der Waals surface area contributed by atoms with Crippen LogP contribution in [0.15, 0.2) is 0 Å². The molecule has 0 N–H and O–H groups in total. The van der Waals surface area contributed by atoms with Crippen molar-refractivity contribution in [1.29, 1.82) is 0 Å². The number of alkyl halides is 17. The molecule has 0 aliphatic heterocycles. The van der Waals surface area contributed by atoms with Crippen LogP contribution in [-0.4, -0.2) is 47.6 Å². The molecule has 0 radical (unpaired) electrons. The zero-order chi connectivity index (χ0) is 24.8. The van der Waals surface area contributed by atoms with Crippen molar-refractivity contribution in [3.05, 3.63) is 0 Å². The number of hydrogen-bond donors (Lipinski definition) is 0. The van der Waals surface area contributed by atoms with E-state index in [1.807, 2.05) is 0 Å². The van der Waals surface area contributed by atoms with Gasteiger partial charge in [-0.1, -0.05) is 19.8 Å². The molecule has 0 aromatic carbocycles. The maximum Gasteiger partial charge on any atom is 0.460 e. The Bertz CT molecular complexity index is 585. The third-order valence-corrected chi connectivity index (χ3v) is 3.88. The van der Waals surface area contributed by atoms with Gasteiger partial charge in [-0.05, 0) is 6.42 Å². The minimum Gasteiger partial charge on any atom is -0.200 e. The van der Waals surface area contributed by atoms with Crippen LogP contribution in [0, 0.1) is 0 Å². The molecule has 0 amide bonds. The van der Waals surface area contributed by atoms with Crippen molar-refractivity contribution in [2.45, 2.75) is 80.2 Å². The summed E-state index contributed by atoms with van der Waals surface area (Å²) in [6, 6.07) is 0. The fraction of sp³-hybridized carbons (Fsp3) is 1.00. The highest BCUT2D eigenvalue weighted by Gasteiger charge is 2.95. The molecular formula is C13H11F17. The van der Waals surface area contributed by atoms with Crippen molar-refractivity contribution < 1.29 is 74.6 Å². The zero-order valence-corrected chi connectivity index (χ0v) is 14.3. The second kappa shape index (κ2) is 7.74. The largest absolute Gasteiger partial charge is 0.460 e. The molecule has 0 aliphatic rings. The SMILES string of the molecule is CCCCCC(F)(F)C(F)(F)C(F)(F)C(F)(F)C(F)(F)C(F)(F)C(F)(F)C(F)(F)F. The van der Waals surface area contributed by atoms with E-state index in [0.29, 0.717) is 0 Å². The molecule has 30 heavy (non-hydrogen) atoms. The first-order valence-electron chi connectivity index (χ1n) is 7.52. The molecular weight excluding hydrogens is 479 g/mol. The van der Waals surface area contributed by atoms with E-state index in [2.05, 4.69) is 0 Å². The van der Waals surface area contributed by atoms with Crippen LogP contribution in [0.5, 0.6) is 0 Å². The second-order valence-corrected chi connectivity index (χ2v) is 6.11. The van der Waals surface area contributed by atoms with Gasteiger partial charge in [0.2, 0.25) is 0 Å². The average molecular weight is 490 g/mol. The third-order valence-electron chi connectivity index (χ3n) is 3.88. The Hall–Kier alpha value is -1.19. The van der Waals surface area contributed by atoms with E-state index in [9.17, 15) is 74.6 Å². The Kier molecular flexibility index (Phi) is 7.44. The van der Waals surface area contributed by atoms with Crippen LogP contribution in [0.4, 0.5) is 74.6 Å². The third kappa shape index (κ3) is 3.88. The van der Waals surface area contributed by atoms with Crippen LogP contribution >= 0.6 is 0 Å². The van der Waals surface area contributed by atoms with Gasteiger partial charge < -0.3 is 0 Å². The van der Waals surface area contributed by atoms with Gasteiger partial charge in [-0.25, -0.2) is 0 Å². The molecule has 17 heteroatoms.